The van der Waals surface area contributed by atoms with Gasteiger partial charge in [-0.3, -0.25) is 0 Å². The van der Waals surface area contributed by atoms with Gasteiger partial charge in [-0.2, -0.15) is 5.10 Å². The van der Waals surface area contributed by atoms with Crippen LogP contribution in [0.5, 0.6) is 0 Å². The molecule has 2 aromatic carbocycles. The van der Waals surface area contributed by atoms with Crippen molar-refractivity contribution in [3.05, 3.63) is 81.0 Å². The number of fused-ring (bicyclic) bond motifs is 7. The van der Waals surface area contributed by atoms with E-state index in [4.69, 9.17) is 32.7 Å². The molecular formula is C24H18Cl2N2O4. The Balaban J connectivity index is 1.98. The van der Waals surface area contributed by atoms with E-state index in [0.29, 0.717) is 15.8 Å². The molecule has 0 saturated heterocycles. The summed E-state index contributed by atoms with van der Waals surface area (Å²) in [5, 5.41) is 7.16. The number of hydrazone groups is 1. The minimum Gasteiger partial charge on any atom is -0.466 e. The molecule has 1 aliphatic carbocycles. The molecule has 0 radical (unpaired) electrons. The number of carbonyl (C=O) groups is 2. The molecule has 162 valence electrons. The predicted octanol–water partition coefficient (Wildman–Crippen LogP) is 4.49. The Kier molecular flexibility index (Phi) is 4.69. The van der Waals surface area contributed by atoms with Crippen molar-refractivity contribution < 1.29 is 19.1 Å². The molecule has 0 bridgehead atoms. The summed E-state index contributed by atoms with van der Waals surface area (Å²) < 4.78 is 10.3. The fraction of sp³-hybridized carbons (Fsp3) is 0.208. The van der Waals surface area contributed by atoms with E-state index in [1.165, 1.54) is 14.2 Å². The number of esters is 2. The molecule has 6 nitrogen and oxygen atoms in total. The van der Waals surface area contributed by atoms with Crippen LogP contribution in [0, 0.1) is 0 Å². The van der Waals surface area contributed by atoms with Crippen LogP contribution in [0.3, 0.4) is 0 Å². The summed E-state index contributed by atoms with van der Waals surface area (Å²) in [5.74, 6) is -1.34. The first kappa shape index (κ1) is 20.8. The maximum absolute atomic E-state index is 13.4. The van der Waals surface area contributed by atoms with Gasteiger partial charge in [-0.05, 0) is 59.5 Å². The zero-order chi connectivity index (χ0) is 22.8. The fourth-order valence-corrected chi connectivity index (χ4v) is 5.43. The Morgan fingerprint density at radius 3 is 2.06 bits per heavy atom. The Hall–Kier alpha value is -3.09. The van der Waals surface area contributed by atoms with Crippen LogP contribution in [0.25, 0.3) is 11.1 Å². The topological polar surface area (TPSA) is 68.2 Å². The molecule has 3 aliphatic rings. The Morgan fingerprint density at radius 1 is 0.969 bits per heavy atom. The molecule has 2 heterocycles. The SMILES string of the molecule is COC(=O)C1=C(C(=O)OC)C2(c3cc(Cl)ccc3-c3ccc(Cl)cc32)C2C=CC(C)=NN12. The van der Waals surface area contributed by atoms with E-state index in [9.17, 15) is 9.59 Å². The number of hydrogen-bond acceptors (Lipinski definition) is 6. The van der Waals surface area contributed by atoms with Crippen LogP contribution < -0.4 is 0 Å². The van der Waals surface area contributed by atoms with E-state index in [1.807, 2.05) is 43.3 Å². The lowest BCUT2D eigenvalue weighted by Gasteiger charge is -2.37. The Bertz CT molecular complexity index is 1240. The third-order valence-electron chi connectivity index (χ3n) is 6.22. The molecule has 0 amide bonds. The van der Waals surface area contributed by atoms with Gasteiger partial charge >= 0.3 is 11.9 Å². The largest absolute Gasteiger partial charge is 0.466 e. The molecule has 1 unspecified atom stereocenters. The van der Waals surface area contributed by atoms with E-state index in [0.717, 1.165) is 22.3 Å². The van der Waals surface area contributed by atoms with Crippen LogP contribution in [-0.2, 0) is 24.5 Å². The molecule has 2 aromatic rings. The number of hydrogen-bond donors (Lipinski definition) is 0. The highest BCUT2D eigenvalue weighted by Gasteiger charge is 2.63. The second kappa shape index (κ2) is 7.22. The van der Waals surface area contributed by atoms with E-state index in [1.54, 1.807) is 17.1 Å². The highest BCUT2D eigenvalue weighted by molar-refractivity contribution is 6.31. The summed E-state index contributed by atoms with van der Waals surface area (Å²) >= 11 is 12.9. The summed E-state index contributed by atoms with van der Waals surface area (Å²) in [6.07, 6.45) is 3.80. The number of carbonyl (C=O) groups excluding carboxylic acids is 2. The molecule has 1 spiro atoms. The molecule has 8 heteroatoms. The molecule has 0 aromatic heterocycles. The van der Waals surface area contributed by atoms with Crippen molar-refractivity contribution in [1.29, 1.82) is 0 Å². The van der Waals surface area contributed by atoms with E-state index in [2.05, 4.69) is 5.10 Å². The van der Waals surface area contributed by atoms with Gasteiger partial charge in [0.05, 0.1) is 37.0 Å². The Labute approximate surface area is 194 Å². The molecule has 0 fully saturated rings. The van der Waals surface area contributed by atoms with Gasteiger partial charge in [0.1, 0.15) is 0 Å². The minimum absolute atomic E-state index is 0.0341. The lowest BCUT2D eigenvalue weighted by atomic mass is 9.68. The van der Waals surface area contributed by atoms with Crippen LogP contribution in [0.1, 0.15) is 18.1 Å². The van der Waals surface area contributed by atoms with Crippen LogP contribution in [0.2, 0.25) is 10.0 Å². The quantitative estimate of drug-likeness (QED) is 0.607. The fourth-order valence-electron chi connectivity index (χ4n) is 5.08. The first-order valence-corrected chi connectivity index (χ1v) is 10.6. The van der Waals surface area contributed by atoms with E-state index in [-0.39, 0.29) is 11.3 Å². The van der Waals surface area contributed by atoms with Crippen LogP contribution in [0.4, 0.5) is 0 Å². The van der Waals surface area contributed by atoms with Crippen molar-refractivity contribution in [1.82, 2.24) is 5.01 Å². The minimum atomic E-state index is -1.13. The highest BCUT2D eigenvalue weighted by atomic mass is 35.5. The number of nitrogens with zero attached hydrogens (tertiary/aromatic N) is 2. The average Bonchev–Trinajstić information content (AvgIpc) is 3.23. The summed E-state index contributed by atoms with van der Waals surface area (Å²) in [7, 11) is 2.55. The third-order valence-corrected chi connectivity index (χ3v) is 6.69. The van der Waals surface area contributed by atoms with Crippen LogP contribution in [0.15, 0.2) is 64.9 Å². The normalized spacial score (nSPS) is 19.5. The number of benzene rings is 2. The number of ether oxygens (including phenoxy) is 2. The Morgan fingerprint density at radius 2 is 1.53 bits per heavy atom. The van der Waals surface area contributed by atoms with Gasteiger partial charge in [-0.1, -0.05) is 41.4 Å². The van der Waals surface area contributed by atoms with Crippen molar-refractivity contribution in [3.8, 4) is 11.1 Å². The van der Waals surface area contributed by atoms with E-state index < -0.39 is 23.4 Å². The number of rotatable bonds is 2. The predicted molar refractivity (Wildman–Crippen MR) is 122 cm³/mol. The van der Waals surface area contributed by atoms with Crippen LogP contribution in [-0.4, -0.2) is 42.9 Å². The van der Waals surface area contributed by atoms with Gasteiger partial charge in [0.25, 0.3) is 0 Å². The van der Waals surface area contributed by atoms with Gasteiger partial charge in [0, 0.05) is 10.0 Å². The first-order valence-electron chi connectivity index (χ1n) is 9.89. The zero-order valence-corrected chi connectivity index (χ0v) is 19.0. The zero-order valence-electron chi connectivity index (χ0n) is 17.5. The van der Waals surface area contributed by atoms with Gasteiger partial charge in [-0.15, -0.1) is 0 Å². The summed E-state index contributed by atoms with van der Waals surface area (Å²) in [5.41, 5.74) is 3.07. The van der Waals surface area contributed by atoms with Crippen molar-refractivity contribution in [2.45, 2.75) is 18.4 Å². The highest BCUT2D eigenvalue weighted by Crippen LogP contribution is 2.61. The molecule has 1 atom stereocenters. The number of methoxy groups -OCH3 is 2. The average molecular weight is 469 g/mol. The van der Waals surface area contributed by atoms with Gasteiger partial charge < -0.3 is 9.47 Å². The first-order chi connectivity index (χ1) is 15.3. The van der Waals surface area contributed by atoms with Gasteiger partial charge in [0.15, 0.2) is 5.70 Å². The molecule has 2 aliphatic heterocycles. The maximum atomic E-state index is 13.4. The van der Waals surface area contributed by atoms with Crippen molar-refractivity contribution in [3.63, 3.8) is 0 Å². The van der Waals surface area contributed by atoms with E-state index >= 15 is 0 Å². The number of allylic oxidation sites excluding steroid dienone is 1. The lowest BCUT2D eigenvalue weighted by Crippen LogP contribution is -2.44. The lowest BCUT2D eigenvalue weighted by molar-refractivity contribution is -0.140. The van der Waals surface area contributed by atoms with Gasteiger partial charge in [0.2, 0.25) is 0 Å². The summed E-state index contributed by atoms with van der Waals surface area (Å²) in [6, 6.07) is 10.5. The molecular weight excluding hydrogens is 451 g/mol. The van der Waals surface area contributed by atoms with Crippen molar-refractivity contribution >= 4 is 40.9 Å². The molecule has 0 saturated carbocycles. The number of halogens is 2. The summed E-state index contributed by atoms with van der Waals surface area (Å²) in [4.78, 5) is 26.4. The molecule has 5 rings (SSSR count). The second-order valence-electron chi connectivity index (χ2n) is 7.78. The van der Waals surface area contributed by atoms with Crippen LogP contribution >= 0.6 is 23.2 Å². The summed E-state index contributed by atoms with van der Waals surface area (Å²) in [6.45, 7) is 1.81. The smallest absolute Gasteiger partial charge is 0.356 e. The van der Waals surface area contributed by atoms with Crippen molar-refractivity contribution in [2.24, 2.45) is 5.10 Å². The van der Waals surface area contributed by atoms with Crippen molar-refractivity contribution in [2.75, 3.05) is 14.2 Å². The maximum Gasteiger partial charge on any atom is 0.356 e. The van der Waals surface area contributed by atoms with Gasteiger partial charge in [-0.25, -0.2) is 14.6 Å². The standard InChI is InChI=1S/C24H18Cl2N2O4/c1-12-4-9-19-24(20(22(29)31-2)21(23(30)32-3)28(19)27-12)17-10-13(25)5-7-15(17)16-8-6-14(26)11-18(16)24/h4-11,19H,1-3H3. The third kappa shape index (κ3) is 2.57. The molecule has 32 heavy (non-hydrogen) atoms. The second-order valence-corrected chi connectivity index (χ2v) is 8.66. The molecule has 0 N–H and O–H groups in total. The monoisotopic (exact) mass is 468 g/mol.